The summed E-state index contributed by atoms with van der Waals surface area (Å²) in [5, 5.41) is 11.8. The summed E-state index contributed by atoms with van der Waals surface area (Å²) in [5.74, 6) is -0.990. The maximum absolute atomic E-state index is 15.2. The number of imidazole rings is 3. The highest BCUT2D eigenvalue weighted by molar-refractivity contribution is 8.07. The van der Waals surface area contributed by atoms with Crippen LogP contribution in [-0.2, 0) is 119 Å². The fourth-order valence-corrected chi connectivity index (χ4v) is 20.2. The van der Waals surface area contributed by atoms with Gasteiger partial charge in [-0.25, -0.2) is 29.1 Å². The van der Waals surface area contributed by atoms with Crippen LogP contribution >= 0.6 is 28.0 Å². The van der Waals surface area contributed by atoms with Crippen molar-refractivity contribution >= 4 is 126 Å². The zero-order valence-corrected chi connectivity index (χ0v) is 66.5. The molecule has 49 nitrogen and oxygen atoms in total. The Bertz CT molecular complexity index is 5590. The minimum Gasteiger partial charge on any atom is -0.387 e. The van der Waals surface area contributed by atoms with Crippen LogP contribution in [0.5, 0.6) is 0 Å². The Labute approximate surface area is 654 Å². The second-order valence-electron chi connectivity index (χ2n) is 27.6. The second kappa shape index (κ2) is 31.1. The molecule has 18 N–H and O–H groups in total. The van der Waals surface area contributed by atoms with E-state index in [1.165, 1.54) is 57.9 Å². The molecule has 0 radical (unpaired) electrons. The molecule has 0 saturated carbocycles. The number of ether oxygens (including phenoxy) is 9. The fraction of sp³-hybridized carbons (Fsp3) is 0.603. The largest absolute Gasteiger partial charge is 0.472 e. The number of aliphatic hydroxyl groups excluding tert-OH is 1. The van der Waals surface area contributed by atoms with Gasteiger partial charge in [0.05, 0.1) is 89.1 Å². The number of aliphatic hydroxyl groups is 1. The summed E-state index contributed by atoms with van der Waals surface area (Å²) >= 11 is 16.9. The lowest BCUT2D eigenvalue weighted by Crippen LogP contribution is -2.51. The molecule has 0 aromatic carbocycles. The van der Waals surface area contributed by atoms with E-state index < -0.39 is 204 Å². The van der Waals surface area contributed by atoms with Crippen molar-refractivity contribution < 1.29 is 108 Å². The van der Waals surface area contributed by atoms with Crippen LogP contribution in [0, 0.1) is 13.8 Å². The molecule has 114 heavy (non-hydrogen) atoms. The summed E-state index contributed by atoms with van der Waals surface area (Å²) in [5.41, 5.74) is 21.7. The van der Waals surface area contributed by atoms with E-state index in [4.69, 9.17) is 143 Å². The third-order valence-corrected chi connectivity index (χ3v) is 26.1. The number of rotatable bonds is 30. The highest BCUT2D eigenvalue weighted by atomic mass is 32.5. The molecule has 8 aromatic heterocycles. The van der Waals surface area contributed by atoms with Crippen molar-refractivity contribution in [3.8, 4) is 0 Å². The van der Waals surface area contributed by atoms with Gasteiger partial charge in [0.15, 0.2) is 52.2 Å². The van der Waals surface area contributed by atoms with Crippen LogP contribution in [0.2, 0.25) is 0 Å². The number of hydrogen-bond acceptors (Lipinski definition) is 40. The van der Waals surface area contributed by atoms with E-state index in [-0.39, 0.29) is 89.0 Å². The number of phosphoric ester groups is 1. The minimum absolute atomic E-state index is 0.0125. The average molecular weight is 1740 g/mol. The number of anilines is 5. The molecule has 15 heterocycles. The number of nitrogen functional groups attached to an aromatic ring is 5. The number of aryl methyl sites for hydroxylation is 2. The van der Waals surface area contributed by atoms with E-state index in [0.29, 0.717) is 17.5 Å². The van der Waals surface area contributed by atoms with Gasteiger partial charge in [-0.1, -0.05) is 6.92 Å². The molecule has 620 valence electrons. The summed E-state index contributed by atoms with van der Waals surface area (Å²) in [6, 6.07) is 0. The third-order valence-electron chi connectivity index (χ3n) is 20.5. The first-order valence-electron chi connectivity index (χ1n) is 34.8. The Kier molecular flexibility index (Phi) is 22.4. The van der Waals surface area contributed by atoms with Gasteiger partial charge in [0, 0.05) is 43.5 Å². The number of nitrogens with zero attached hydrogens (tertiary/aromatic N) is 13. The number of H-pyrrole nitrogens is 3. The normalized spacial score (nSPS) is 32.8. The summed E-state index contributed by atoms with van der Waals surface area (Å²) in [6.45, 7) is -9.21. The number of methoxy groups -OCH3 is 1. The van der Waals surface area contributed by atoms with Gasteiger partial charge < -0.3 is 119 Å². The topological polar surface area (TPSA) is 666 Å². The van der Waals surface area contributed by atoms with E-state index >= 15 is 4.57 Å². The van der Waals surface area contributed by atoms with Crippen molar-refractivity contribution in [3.05, 3.63) is 94.5 Å². The summed E-state index contributed by atoms with van der Waals surface area (Å²) < 4.78 is 127. The number of phosphoric acid groups is 1. The summed E-state index contributed by atoms with van der Waals surface area (Å²) in [7, 11) is -4.29. The smallest absolute Gasteiger partial charge is 0.387 e. The molecule has 7 fully saturated rings. The Morgan fingerprint density at radius 3 is 1.45 bits per heavy atom. The van der Waals surface area contributed by atoms with Gasteiger partial charge in [0.25, 0.3) is 16.7 Å². The number of nitrogens with two attached hydrogens (primary N) is 5. The fourth-order valence-electron chi connectivity index (χ4n) is 14.8. The molecule has 8 aromatic rings. The van der Waals surface area contributed by atoms with Crippen LogP contribution in [-0.4, -0.2) is 240 Å². The number of aromatic amines is 3. The maximum atomic E-state index is 15.2. The third kappa shape index (κ3) is 15.5. The lowest BCUT2D eigenvalue weighted by Gasteiger charge is -2.38. The van der Waals surface area contributed by atoms with Crippen molar-refractivity contribution in [2.45, 2.75) is 176 Å². The minimum atomic E-state index is -5.71. The molecule has 7 saturated heterocycles. The molecule has 15 rings (SSSR count). The van der Waals surface area contributed by atoms with E-state index in [9.17, 15) is 48.7 Å². The van der Waals surface area contributed by atoms with Gasteiger partial charge in [0.2, 0.25) is 17.8 Å². The van der Waals surface area contributed by atoms with Crippen molar-refractivity contribution in [1.29, 1.82) is 0 Å². The molecule has 7 unspecified atom stereocenters. The van der Waals surface area contributed by atoms with Crippen LogP contribution in [0.1, 0.15) is 82.3 Å². The first-order valence-corrected chi connectivity index (χ1v) is 44.1. The highest BCUT2D eigenvalue weighted by Gasteiger charge is 2.71. The van der Waals surface area contributed by atoms with Crippen molar-refractivity contribution in [3.63, 3.8) is 0 Å². The Hall–Kier alpha value is -6.89. The van der Waals surface area contributed by atoms with Crippen LogP contribution in [0.4, 0.5) is 29.5 Å². The zero-order valence-electron chi connectivity index (χ0n) is 60.5. The lowest BCUT2D eigenvalue weighted by molar-refractivity contribution is -0.217. The molecular weight excluding hydrogens is 1660 g/mol. The summed E-state index contributed by atoms with van der Waals surface area (Å²) in [4.78, 5) is 154. The van der Waals surface area contributed by atoms with Gasteiger partial charge in [-0.15, -0.1) is 0 Å². The SMILES string of the molecule is CC[C@H]1O[C@@H](n2cc(C)c(N)nc2=O)C[C@H]1OP(O)(=S)OC[C@H]1O[C@@H](n2cc(C)c(N)nc2=O)C[C@H]1OP(O)(=S)OC[C@]12O[C@@H](n3cnc4c(=O)[nH]c(N)nc43)C(O[C@H]1C)[C@H]2OP(=O)(O)OC[C@]12O[C@@H](n3cnc4c(=O)[nH]c(N)nc43)C(O[C@H]1C)[C@H]2OP(O)(=S)OC[C@H]1O[C@@H](n2cnc3c(=O)[nH]c(N)nc32)C(OCCOC)[C@H]1O. The Morgan fingerprint density at radius 2 is 0.974 bits per heavy atom. The van der Waals surface area contributed by atoms with Gasteiger partial charge in [-0.05, 0) is 69.5 Å². The number of aromatic nitrogens is 16. The molecule has 7 aliphatic heterocycles. The highest BCUT2D eigenvalue weighted by Crippen LogP contribution is 2.63. The van der Waals surface area contributed by atoms with Crippen LogP contribution < -0.4 is 56.7 Å². The van der Waals surface area contributed by atoms with Gasteiger partial charge >= 0.3 is 39.4 Å². The first-order chi connectivity index (χ1) is 53.9. The molecule has 0 amide bonds. The molecule has 0 aliphatic carbocycles. The van der Waals surface area contributed by atoms with Gasteiger partial charge in [-0.2, -0.15) is 24.9 Å². The molecular formula is C58H77N21O28P4S3. The summed E-state index contributed by atoms with van der Waals surface area (Å²) in [6.07, 6.45) is -17.5. The molecule has 0 spiro atoms. The predicted octanol–water partition coefficient (Wildman–Crippen LogP) is -1.83. The number of hydrogen-bond donors (Lipinski definition) is 13. The zero-order chi connectivity index (χ0) is 81.4. The average Bonchev–Trinajstić information content (AvgIpc) is 1.55. The molecule has 24 atom stereocenters. The van der Waals surface area contributed by atoms with Crippen molar-refractivity contribution in [1.82, 2.24) is 77.7 Å². The van der Waals surface area contributed by atoms with Crippen LogP contribution in [0.25, 0.3) is 33.5 Å². The van der Waals surface area contributed by atoms with E-state index in [1.54, 1.807) is 20.8 Å². The Morgan fingerprint density at radius 1 is 0.553 bits per heavy atom. The van der Waals surface area contributed by atoms with Gasteiger partial charge in [-0.3, -0.25) is 65.7 Å². The monoisotopic (exact) mass is 1740 g/mol. The van der Waals surface area contributed by atoms with Crippen molar-refractivity contribution in [2.24, 2.45) is 0 Å². The molecule has 7 aliphatic rings. The molecule has 56 heteroatoms. The second-order valence-corrected chi connectivity index (χ2v) is 37.4. The standard InChI is InChI=1S/C58H77N21O28P4S3/c1-7-25-26(10-30(99-25)75-12-21(2)41(59)67-55(75)84)104-109(88,112)93-14-28-27(11-31(100-28)76-13-22(3)42(60)68-56(76)85)105-111(90,114)96-17-58-24(5)97-37(50(103-58)78-19-65-33-44(78)70-53(62)73-47(33)82)39(58)106-108(86,87)95-16-57-23(4)98-38(51(102-57)79-20-66-34-45(79)71-54(63)74-48(34)83)40(57)107-110(89,113)94-15-29-35(80)36(92-9-8-91-6)49(101-29)77-18-64-32-43(77)69-52(61)72-46(32)81/h12-13,18-20,23-31,35-40,49-51,80H,7-11,14-17H2,1-6H3,(H,86,87)(H,88,112)(H,89,113)(H,90,114)(H2,59,67,84)(H2,60,68,85)(H3,61,69,72,81)(H3,62,70,73,82)(H3,63,71,74,83)/t23-,24-,25+,26+,27+,28+,29+,30+,31+,35-,36?,37?,38?,39+,40+,49+,50+,51+,57-,58-,109?,110?,111?/m0/s1. The lowest BCUT2D eigenvalue weighted by atomic mass is 9.94. The number of nitrogens with one attached hydrogen (secondary N) is 3. The predicted molar refractivity (Wildman–Crippen MR) is 399 cm³/mol. The van der Waals surface area contributed by atoms with E-state index in [1.807, 2.05) is 0 Å². The quantitative estimate of drug-likeness (QED) is 0.0174. The Balaban J connectivity index is 0.695. The molecule has 4 bridgehead atoms. The van der Waals surface area contributed by atoms with Gasteiger partial charge in [0.1, 0.15) is 84.1 Å². The van der Waals surface area contributed by atoms with Crippen LogP contribution in [0.3, 0.4) is 0 Å². The first kappa shape index (κ1) is 82.2. The van der Waals surface area contributed by atoms with E-state index in [0.717, 1.165) is 17.2 Å². The van der Waals surface area contributed by atoms with Crippen LogP contribution in [0.15, 0.2) is 55.3 Å². The maximum Gasteiger partial charge on any atom is 0.472 e. The van der Waals surface area contributed by atoms with E-state index in [2.05, 4.69) is 54.8 Å². The van der Waals surface area contributed by atoms with Crippen molar-refractivity contribution in [2.75, 3.05) is 75.4 Å². The number of fused-ring (bicyclic) bond motifs is 7.